The van der Waals surface area contributed by atoms with Gasteiger partial charge < -0.3 is 10.0 Å². The van der Waals surface area contributed by atoms with E-state index in [-0.39, 0.29) is 18.6 Å². The molecule has 1 aliphatic heterocycles. The third-order valence-electron chi connectivity index (χ3n) is 4.15. The predicted octanol–water partition coefficient (Wildman–Crippen LogP) is 2.41. The molecule has 1 fully saturated rings. The summed E-state index contributed by atoms with van der Waals surface area (Å²) in [5.41, 5.74) is 1.16. The number of benzene rings is 1. The van der Waals surface area contributed by atoms with Gasteiger partial charge in [-0.3, -0.25) is 4.79 Å². The lowest BCUT2D eigenvalue weighted by atomic mass is 10.1. The summed E-state index contributed by atoms with van der Waals surface area (Å²) in [4.78, 5) is 14.5. The average molecular weight is 379 g/mol. The van der Waals surface area contributed by atoms with Gasteiger partial charge in [0.05, 0.1) is 24.5 Å². The summed E-state index contributed by atoms with van der Waals surface area (Å²) in [6, 6.07) is 7.50. The van der Waals surface area contributed by atoms with Crippen LogP contribution in [0.15, 0.2) is 34.9 Å². The molecule has 122 valence electrons. The first-order valence-corrected chi connectivity index (χ1v) is 8.58. The summed E-state index contributed by atoms with van der Waals surface area (Å²) in [6.45, 7) is 0.655. The van der Waals surface area contributed by atoms with Crippen molar-refractivity contribution in [2.45, 2.75) is 31.7 Å². The van der Waals surface area contributed by atoms with Crippen LogP contribution in [-0.4, -0.2) is 50.1 Å². The molecule has 7 heteroatoms. The standard InChI is InChI=1S/C16H19BrN4O2/c17-12-5-7-13(8-6-12)21-10-15(18-19-21)16(23)20-9-3-1-2-4-14(20)11-22/h5-8,10,14,22H,1-4,9,11H2. The number of halogens is 1. The monoisotopic (exact) mass is 378 g/mol. The zero-order valence-electron chi connectivity index (χ0n) is 12.7. The topological polar surface area (TPSA) is 71.2 Å². The lowest BCUT2D eigenvalue weighted by Crippen LogP contribution is -2.42. The Morgan fingerprint density at radius 2 is 2.04 bits per heavy atom. The van der Waals surface area contributed by atoms with Gasteiger partial charge in [0.2, 0.25) is 0 Å². The molecule has 1 aliphatic rings. The Morgan fingerprint density at radius 1 is 1.26 bits per heavy atom. The van der Waals surface area contributed by atoms with Crippen LogP contribution in [0.2, 0.25) is 0 Å². The lowest BCUT2D eigenvalue weighted by molar-refractivity contribution is 0.0594. The summed E-state index contributed by atoms with van der Waals surface area (Å²) in [6.07, 6.45) is 5.57. The van der Waals surface area contributed by atoms with Crippen molar-refractivity contribution in [3.8, 4) is 5.69 Å². The maximum atomic E-state index is 12.7. The van der Waals surface area contributed by atoms with Crippen LogP contribution in [0.4, 0.5) is 0 Å². The first-order valence-electron chi connectivity index (χ1n) is 7.79. The molecule has 3 rings (SSSR count). The van der Waals surface area contributed by atoms with Gasteiger partial charge in [-0.1, -0.05) is 34.0 Å². The minimum Gasteiger partial charge on any atom is -0.394 e. The van der Waals surface area contributed by atoms with E-state index in [0.29, 0.717) is 12.2 Å². The Labute approximate surface area is 143 Å². The highest BCUT2D eigenvalue weighted by Crippen LogP contribution is 2.19. The van der Waals surface area contributed by atoms with Crippen LogP contribution in [-0.2, 0) is 0 Å². The van der Waals surface area contributed by atoms with Gasteiger partial charge in [-0.2, -0.15) is 0 Å². The van der Waals surface area contributed by atoms with E-state index in [1.807, 2.05) is 24.3 Å². The van der Waals surface area contributed by atoms with Crippen LogP contribution in [0.3, 0.4) is 0 Å². The average Bonchev–Trinajstić information content (AvgIpc) is 2.93. The van der Waals surface area contributed by atoms with Crippen molar-refractivity contribution >= 4 is 21.8 Å². The number of amides is 1. The van der Waals surface area contributed by atoms with Gasteiger partial charge in [0.1, 0.15) is 0 Å². The van der Waals surface area contributed by atoms with E-state index in [1.165, 1.54) is 0 Å². The number of nitrogens with zero attached hydrogens (tertiary/aromatic N) is 4. The Hall–Kier alpha value is -1.73. The normalized spacial score (nSPS) is 18.7. The highest BCUT2D eigenvalue weighted by atomic mass is 79.9. The summed E-state index contributed by atoms with van der Waals surface area (Å²) in [7, 11) is 0. The van der Waals surface area contributed by atoms with Crippen LogP contribution < -0.4 is 0 Å². The third kappa shape index (κ3) is 3.61. The van der Waals surface area contributed by atoms with Crippen LogP contribution in [0.1, 0.15) is 36.2 Å². The van der Waals surface area contributed by atoms with E-state index in [0.717, 1.165) is 35.8 Å². The van der Waals surface area contributed by atoms with Gasteiger partial charge in [0.15, 0.2) is 5.69 Å². The maximum absolute atomic E-state index is 12.7. The Kier molecular flexibility index (Phi) is 5.07. The molecule has 2 heterocycles. The fourth-order valence-corrected chi connectivity index (χ4v) is 3.13. The molecule has 0 bridgehead atoms. The van der Waals surface area contributed by atoms with Gasteiger partial charge in [-0.25, -0.2) is 4.68 Å². The molecule has 1 atom stereocenters. The van der Waals surface area contributed by atoms with Crippen LogP contribution >= 0.6 is 15.9 Å². The summed E-state index contributed by atoms with van der Waals surface area (Å²) in [5.74, 6) is -0.158. The Bertz CT molecular complexity index is 671. The highest BCUT2D eigenvalue weighted by Gasteiger charge is 2.27. The van der Waals surface area contributed by atoms with Crippen molar-refractivity contribution in [1.82, 2.24) is 19.9 Å². The van der Waals surface area contributed by atoms with Crippen LogP contribution in [0, 0.1) is 0 Å². The molecule has 1 aromatic carbocycles. The van der Waals surface area contributed by atoms with Crippen molar-refractivity contribution in [3.63, 3.8) is 0 Å². The number of rotatable bonds is 3. The van der Waals surface area contributed by atoms with Crippen LogP contribution in [0.25, 0.3) is 5.69 Å². The van der Waals surface area contributed by atoms with E-state index in [1.54, 1.807) is 15.8 Å². The first-order chi connectivity index (χ1) is 11.2. The third-order valence-corrected chi connectivity index (χ3v) is 4.68. The molecule has 1 saturated heterocycles. The summed E-state index contributed by atoms with van der Waals surface area (Å²) < 4.78 is 2.57. The Morgan fingerprint density at radius 3 is 2.78 bits per heavy atom. The number of aliphatic hydroxyl groups is 1. The highest BCUT2D eigenvalue weighted by molar-refractivity contribution is 9.10. The number of carbonyl (C=O) groups is 1. The molecule has 6 nitrogen and oxygen atoms in total. The molecule has 0 saturated carbocycles. The molecule has 2 aromatic rings. The maximum Gasteiger partial charge on any atom is 0.276 e. The summed E-state index contributed by atoms with van der Waals surface area (Å²) in [5, 5.41) is 17.6. The molecular formula is C16H19BrN4O2. The number of aromatic nitrogens is 3. The van der Waals surface area contributed by atoms with Gasteiger partial charge in [0.25, 0.3) is 5.91 Å². The van der Waals surface area contributed by atoms with E-state index in [4.69, 9.17) is 0 Å². The van der Waals surface area contributed by atoms with E-state index in [9.17, 15) is 9.90 Å². The van der Waals surface area contributed by atoms with Crippen molar-refractivity contribution in [2.75, 3.05) is 13.2 Å². The minimum atomic E-state index is -0.158. The number of aliphatic hydroxyl groups excluding tert-OH is 1. The molecule has 1 N–H and O–H groups in total. The molecular weight excluding hydrogens is 360 g/mol. The summed E-state index contributed by atoms with van der Waals surface area (Å²) >= 11 is 3.39. The van der Waals surface area contributed by atoms with Gasteiger partial charge >= 0.3 is 0 Å². The van der Waals surface area contributed by atoms with Crippen molar-refractivity contribution in [3.05, 3.63) is 40.6 Å². The number of likely N-dealkylation sites (tertiary alicyclic amines) is 1. The van der Waals surface area contributed by atoms with Gasteiger partial charge in [0, 0.05) is 11.0 Å². The quantitative estimate of drug-likeness (QED) is 0.889. The molecule has 1 amide bonds. The fraction of sp³-hybridized carbons (Fsp3) is 0.438. The Balaban J connectivity index is 1.81. The zero-order chi connectivity index (χ0) is 16.2. The first kappa shape index (κ1) is 16.1. The number of hydrogen-bond acceptors (Lipinski definition) is 4. The predicted molar refractivity (Wildman–Crippen MR) is 89.4 cm³/mol. The number of carbonyl (C=O) groups excluding carboxylic acids is 1. The van der Waals surface area contributed by atoms with Gasteiger partial charge in [-0.15, -0.1) is 5.10 Å². The fourth-order valence-electron chi connectivity index (χ4n) is 2.86. The smallest absolute Gasteiger partial charge is 0.276 e. The molecule has 23 heavy (non-hydrogen) atoms. The minimum absolute atomic E-state index is 0.00735. The zero-order valence-corrected chi connectivity index (χ0v) is 14.3. The van der Waals surface area contributed by atoms with Crippen LogP contribution in [0.5, 0.6) is 0 Å². The van der Waals surface area contributed by atoms with Crippen molar-refractivity contribution < 1.29 is 9.90 Å². The molecule has 0 radical (unpaired) electrons. The molecule has 1 aromatic heterocycles. The van der Waals surface area contributed by atoms with E-state index >= 15 is 0 Å². The largest absolute Gasteiger partial charge is 0.394 e. The SMILES string of the molecule is O=C(c1cn(-c2ccc(Br)cc2)nn1)N1CCCCCC1CO. The second-order valence-electron chi connectivity index (χ2n) is 5.71. The van der Waals surface area contributed by atoms with Crippen molar-refractivity contribution in [2.24, 2.45) is 0 Å². The van der Waals surface area contributed by atoms with Crippen molar-refractivity contribution in [1.29, 1.82) is 0 Å². The van der Waals surface area contributed by atoms with Gasteiger partial charge in [-0.05, 0) is 37.1 Å². The molecule has 1 unspecified atom stereocenters. The van der Waals surface area contributed by atoms with E-state index in [2.05, 4.69) is 26.2 Å². The number of hydrogen-bond donors (Lipinski definition) is 1. The molecule has 0 aliphatic carbocycles. The second-order valence-corrected chi connectivity index (χ2v) is 6.62. The molecule has 0 spiro atoms. The second kappa shape index (κ2) is 7.23. The lowest BCUT2D eigenvalue weighted by Gasteiger charge is -2.27. The van der Waals surface area contributed by atoms with E-state index < -0.39 is 0 Å².